The molecule has 166 valence electrons. The number of amides is 2. The Kier molecular flexibility index (Phi) is 8.47. The zero-order valence-electron chi connectivity index (χ0n) is 18.5. The molecule has 0 aliphatic heterocycles. The molecule has 9 heteroatoms. The molecule has 0 radical (unpaired) electrons. The lowest BCUT2D eigenvalue weighted by Crippen LogP contribution is -2.49. The van der Waals surface area contributed by atoms with E-state index in [1.54, 1.807) is 48.5 Å². The van der Waals surface area contributed by atoms with Crippen molar-refractivity contribution in [3.8, 4) is 0 Å². The van der Waals surface area contributed by atoms with Crippen LogP contribution in [0.5, 0.6) is 0 Å². The van der Waals surface area contributed by atoms with Gasteiger partial charge < -0.3 is 24.4 Å². The van der Waals surface area contributed by atoms with Crippen molar-refractivity contribution in [1.82, 2.24) is 10.2 Å². The lowest BCUT2D eigenvalue weighted by molar-refractivity contribution is -0.159. The number of nitrogens with zero attached hydrogens (tertiary/aromatic N) is 1. The summed E-state index contributed by atoms with van der Waals surface area (Å²) in [5, 5.41) is 2.42. The highest BCUT2D eigenvalue weighted by Gasteiger charge is 2.37. The normalized spacial score (nSPS) is 15.1. The lowest BCUT2D eigenvalue weighted by Gasteiger charge is -2.28. The maximum Gasteiger partial charge on any atom is 0.408 e. The number of hydrogen-bond acceptors (Lipinski definition) is 7. The van der Waals surface area contributed by atoms with Crippen LogP contribution in [0.15, 0.2) is 0 Å². The highest BCUT2D eigenvalue weighted by molar-refractivity contribution is 5.90. The van der Waals surface area contributed by atoms with Gasteiger partial charge in [0, 0.05) is 6.04 Å². The summed E-state index contributed by atoms with van der Waals surface area (Å²) in [5.41, 5.74) is -1.56. The third-order valence-electron chi connectivity index (χ3n) is 3.67. The van der Waals surface area contributed by atoms with E-state index in [2.05, 4.69) is 5.32 Å². The van der Waals surface area contributed by atoms with Crippen LogP contribution in [0.4, 0.5) is 4.79 Å². The molecule has 0 aromatic heterocycles. The largest absolute Gasteiger partial charge is 0.465 e. The Bertz CT molecular complexity index is 615. The summed E-state index contributed by atoms with van der Waals surface area (Å²) in [6.07, 6.45) is 0.387. The van der Waals surface area contributed by atoms with Gasteiger partial charge in [-0.05, 0) is 61.3 Å². The van der Waals surface area contributed by atoms with E-state index >= 15 is 0 Å². The fourth-order valence-electron chi connectivity index (χ4n) is 2.46. The average molecular weight is 414 g/mol. The standard InChI is InChI=1S/C20H34N2O7/c1-8-27-16(24)12-22(13-9-10-13)15(23)11-14(17(25)28-19(2,3)4)21-18(26)29-20(5,6)7/h13-14H,8-12H2,1-7H3,(H,21,26)/t14-/m0/s1. The number of alkyl carbamates (subject to hydrolysis) is 1. The minimum absolute atomic E-state index is 0.0623. The van der Waals surface area contributed by atoms with Crippen LogP contribution in [0.1, 0.15) is 67.7 Å². The van der Waals surface area contributed by atoms with Crippen molar-refractivity contribution in [2.24, 2.45) is 0 Å². The highest BCUT2D eigenvalue weighted by Crippen LogP contribution is 2.27. The van der Waals surface area contributed by atoms with Crippen LogP contribution in [0.2, 0.25) is 0 Å². The molecule has 0 bridgehead atoms. The van der Waals surface area contributed by atoms with Gasteiger partial charge in [0.2, 0.25) is 5.91 Å². The van der Waals surface area contributed by atoms with E-state index in [9.17, 15) is 19.2 Å². The van der Waals surface area contributed by atoms with Crippen molar-refractivity contribution in [2.75, 3.05) is 13.2 Å². The minimum atomic E-state index is -1.24. The Labute approximate surface area is 172 Å². The van der Waals surface area contributed by atoms with Crippen molar-refractivity contribution in [3.05, 3.63) is 0 Å². The molecular formula is C20H34N2O7. The van der Waals surface area contributed by atoms with E-state index < -0.39 is 41.2 Å². The second-order valence-electron chi connectivity index (χ2n) is 8.99. The van der Waals surface area contributed by atoms with Gasteiger partial charge in [0.05, 0.1) is 13.0 Å². The molecule has 1 aliphatic rings. The summed E-state index contributed by atoms with van der Waals surface area (Å²) in [6, 6.07) is -1.30. The number of nitrogens with one attached hydrogen (secondary N) is 1. The second kappa shape index (κ2) is 9.93. The number of rotatable bonds is 8. The van der Waals surface area contributed by atoms with Crippen LogP contribution in [0.25, 0.3) is 0 Å². The van der Waals surface area contributed by atoms with Gasteiger partial charge in [0.1, 0.15) is 23.8 Å². The molecule has 1 aliphatic carbocycles. The van der Waals surface area contributed by atoms with Crippen LogP contribution in [0.3, 0.4) is 0 Å². The Balaban J connectivity index is 2.89. The smallest absolute Gasteiger partial charge is 0.408 e. The van der Waals surface area contributed by atoms with Crippen molar-refractivity contribution < 1.29 is 33.4 Å². The van der Waals surface area contributed by atoms with Gasteiger partial charge in [0.25, 0.3) is 0 Å². The topological polar surface area (TPSA) is 111 Å². The highest BCUT2D eigenvalue weighted by atomic mass is 16.6. The van der Waals surface area contributed by atoms with E-state index in [-0.39, 0.29) is 25.6 Å². The summed E-state index contributed by atoms with van der Waals surface area (Å²) in [6.45, 7) is 11.8. The molecule has 1 rings (SSSR count). The van der Waals surface area contributed by atoms with E-state index in [1.165, 1.54) is 4.90 Å². The average Bonchev–Trinajstić information content (AvgIpc) is 3.33. The van der Waals surface area contributed by atoms with Gasteiger partial charge in [-0.1, -0.05) is 0 Å². The number of hydrogen-bond donors (Lipinski definition) is 1. The molecule has 0 aromatic carbocycles. The lowest BCUT2D eigenvalue weighted by atomic mass is 10.1. The van der Waals surface area contributed by atoms with Gasteiger partial charge in [-0.15, -0.1) is 0 Å². The predicted octanol–water partition coefficient (Wildman–Crippen LogP) is 2.17. The van der Waals surface area contributed by atoms with Gasteiger partial charge >= 0.3 is 18.0 Å². The molecule has 0 spiro atoms. The van der Waals surface area contributed by atoms with Gasteiger partial charge in [-0.2, -0.15) is 0 Å². The minimum Gasteiger partial charge on any atom is -0.465 e. The Morgan fingerprint density at radius 3 is 2.00 bits per heavy atom. The first-order valence-electron chi connectivity index (χ1n) is 9.89. The maximum absolute atomic E-state index is 12.8. The Hall–Kier alpha value is -2.32. The van der Waals surface area contributed by atoms with Crippen molar-refractivity contribution in [2.45, 2.75) is 91.0 Å². The molecule has 29 heavy (non-hydrogen) atoms. The molecule has 0 unspecified atom stereocenters. The first-order chi connectivity index (χ1) is 13.2. The number of carbonyl (C=O) groups is 4. The molecule has 2 amide bonds. The Morgan fingerprint density at radius 2 is 1.55 bits per heavy atom. The molecule has 9 nitrogen and oxygen atoms in total. The fraction of sp³-hybridized carbons (Fsp3) is 0.800. The summed E-state index contributed by atoms with van der Waals surface area (Å²) in [4.78, 5) is 50.8. The van der Waals surface area contributed by atoms with E-state index in [0.29, 0.717) is 0 Å². The SMILES string of the molecule is CCOC(=O)CN(C(=O)C[C@H](NC(=O)OC(C)(C)C)C(=O)OC(C)(C)C)C1CC1. The van der Waals surface area contributed by atoms with Gasteiger partial charge in [0.15, 0.2) is 0 Å². The van der Waals surface area contributed by atoms with Crippen molar-refractivity contribution in [3.63, 3.8) is 0 Å². The number of esters is 2. The summed E-state index contributed by atoms with van der Waals surface area (Å²) < 4.78 is 15.4. The Morgan fingerprint density at radius 1 is 1.00 bits per heavy atom. The van der Waals surface area contributed by atoms with Crippen molar-refractivity contribution in [1.29, 1.82) is 0 Å². The van der Waals surface area contributed by atoms with E-state index in [1.807, 2.05) is 0 Å². The number of ether oxygens (including phenoxy) is 3. The summed E-state index contributed by atoms with van der Waals surface area (Å²) in [7, 11) is 0. The van der Waals surface area contributed by atoms with Crippen LogP contribution in [-0.4, -0.2) is 65.3 Å². The third-order valence-corrected chi connectivity index (χ3v) is 3.67. The fourth-order valence-corrected chi connectivity index (χ4v) is 2.46. The zero-order valence-corrected chi connectivity index (χ0v) is 18.5. The molecular weight excluding hydrogens is 380 g/mol. The third kappa shape index (κ3) is 10.1. The summed E-state index contributed by atoms with van der Waals surface area (Å²) in [5.74, 6) is -1.70. The maximum atomic E-state index is 12.8. The van der Waals surface area contributed by atoms with Gasteiger partial charge in [-0.25, -0.2) is 9.59 Å². The first kappa shape index (κ1) is 24.7. The molecule has 0 aromatic rings. The molecule has 0 saturated heterocycles. The van der Waals surface area contributed by atoms with Crippen LogP contribution in [-0.2, 0) is 28.6 Å². The monoisotopic (exact) mass is 414 g/mol. The van der Waals surface area contributed by atoms with Crippen LogP contribution in [0, 0.1) is 0 Å². The van der Waals surface area contributed by atoms with Gasteiger partial charge in [-0.3, -0.25) is 9.59 Å². The quantitative estimate of drug-likeness (QED) is 0.478. The zero-order chi connectivity index (χ0) is 22.4. The number of carbonyl (C=O) groups excluding carboxylic acids is 4. The van der Waals surface area contributed by atoms with Crippen molar-refractivity contribution >= 4 is 23.9 Å². The molecule has 1 N–H and O–H groups in total. The molecule has 1 atom stereocenters. The molecule has 1 saturated carbocycles. The molecule has 0 heterocycles. The second-order valence-corrected chi connectivity index (χ2v) is 8.99. The molecule has 1 fully saturated rings. The van der Waals surface area contributed by atoms with Crippen LogP contribution < -0.4 is 5.32 Å². The van der Waals surface area contributed by atoms with Crippen LogP contribution >= 0.6 is 0 Å². The first-order valence-corrected chi connectivity index (χ1v) is 9.89. The van der Waals surface area contributed by atoms with E-state index in [0.717, 1.165) is 12.8 Å². The summed E-state index contributed by atoms with van der Waals surface area (Å²) >= 11 is 0. The predicted molar refractivity (Wildman–Crippen MR) is 105 cm³/mol. The van der Waals surface area contributed by atoms with E-state index in [4.69, 9.17) is 14.2 Å².